The van der Waals surface area contributed by atoms with Gasteiger partial charge in [-0.05, 0) is 18.2 Å². The van der Waals surface area contributed by atoms with E-state index in [0.717, 1.165) is 12.1 Å². The van der Waals surface area contributed by atoms with Gasteiger partial charge in [0.05, 0.1) is 21.6 Å². The van der Waals surface area contributed by atoms with Crippen LogP contribution in [0.3, 0.4) is 0 Å². The van der Waals surface area contributed by atoms with Gasteiger partial charge in [0, 0.05) is 17.8 Å². The molecule has 2 aromatic rings. The Hall–Kier alpha value is -2.09. The minimum atomic E-state index is -1.10. The van der Waals surface area contributed by atoms with Crippen molar-refractivity contribution < 1.29 is 23.1 Å². The Bertz CT molecular complexity index is 850. The molecule has 0 aliphatic rings. The molecular formula is C16H11Cl3F2N2O3. The van der Waals surface area contributed by atoms with E-state index in [1.165, 1.54) is 18.2 Å². The average Bonchev–Trinajstić information content (AvgIpc) is 2.58. The van der Waals surface area contributed by atoms with Gasteiger partial charge in [0.25, 0.3) is 5.91 Å². The molecule has 10 heteroatoms. The zero-order valence-electron chi connectivity index (χ0n) is 12.9. The van der Waals surface area contributed by atoms with E-state index in [1.54, 1.807) is 0 Å². The van der Waals surface area contributed by atoms with Crippen LogP contribution in [0, 0.1) is 11.6 Å². The monoisotopic (exact) mass is 422 g/mol. The lowest BCUT2D eigenvalue weighted by atomic mass is 10.3. The Balaban J connectivity index is 1.80. The Morgan fingerprint density at radius 3 is 2.31 bits per heavy atom. The van der Waals surface area contributed by atoms with Gasteiger partial charge in [-0.25, -0.2) is 8.78 Å². The fourth-order valence-corrected chi connectivity index (χ4v) is 2.36. The first-order chi connectivity index (χ1) is 12.3. The Morgan fingerprint density at radius 2 is 1.62 bits per heavy atom. The second-order valence-electron chi connectivity index (χ2n) is 4.94. The lowest BCUT2D eigenvalue weighted by Gasteiger charge is -2.10. The number of rotatable bonds is 6. The first kappa shape index (κ1) is 20.2. The molecule has 0 saturated heterocycles. The van der Waals surface area contributed by atoms with Gasteiger partial charge in [-0.2, -0.15) is 0 Å². The van der Waals surface area contributed by atoms with E-state index in [2.05, 4.69) is 10.6 Å². The molecule has 0 aliphatic carbocycles. The number of ether oxygens (including phenoxy) is 1. The summed E-state index contributed by atoms with van der Waals surface area (Å²) in [6, 6.07) is 5.61. The number of benzene rings is 2. The Kier molecular flexibility index (Phi) is 7.02. The van der Waals surface area contributed by atoms with Crippen molar-refractivity contribution in [2.24, 2.45) is 0 Å². The third kappa shape index (κ3) is 5.72. The van der Waals surface area contributed by atoms with E-state index >= 15 is 0 Å². The number of carbonyl (C=O) groups excluding carboxylic acids is 2. The van der Waals surface area contributed by atoms with Gasteiger partial charge in [-0.15, -0.1) is 0 Å². The maximum absolute atomic E-state index is 13.1. The second kappa shape index (κ2) is 9.02. The topological polar surface area (TPSA) is 67.4 Å². The predicted molar refractivity (Wildman–Crippen MR) is 95.0 cm³/mol. The summed E-state index contributed by atoms with van der Waals surface area (Å²) in [5, 5.41) is 5.22. The van der Waals surface area contributed by atoms with E-state index in [4.69, 9.17) is 39.5 Å². The Labute approximate surface area is 162 Å². The normalized spacial score (nSPS) is 10.3. The number of hydrogen-bond donors (Lipinski definition) is 2. The van der Waals surface area contributed by atoms with E-state index in [9.17, 15) is 18.4 Å². The van der Waals surface area contributed by atoms with Crippen LogP contribution in [0.1, 0.15) is 0 Å². The number of halogens is 5. The number of amides is 2. The highest BCUT2D eigenvalue weighted by Crippen LogP contribution is 2.33. The third-order valence-corrected chi connectivity index (χ3v) is 4.00. The number of anilines is 1. The van der Waals surface area contributed by atoms with Crippen LogP contribution in [0.15, 0.2) is 30.3 Å². The summed E-state index contributed by atoms with van der Waals surface area (Å²) in [7, 11) is 0. The summed E-state index contributed by atoms with van der Waals surface area (Å²) in [4.78, 5) is 23.4. The zero-order valence-corrected chi connectivity index (χ0v) is 15.2. The van der Waals surface area contributed by atoms with Crippen LogP contribution in [-0.4, -0.2) is 25.0 Å². The minimum Gasteiger partial charge on any atom is -0.482 e. The highest BCUT2D eigenvalue weighted by Gasteiger charge is 2.11. The minimum absolute atomic E-state index is 0.0574. The van der Waals surface area contributed by atoms with Crippen LogP contribution in [0.2, 0.25) is 15.1 Å². The molecule has 0 spiro atoms. The summed E-state index contributed by atoms with van der Waals surface area (Å²) in [5.74, 6) is -3.21. The van der Waals surface area contributed by atoms with Crippen LogP contribution >= 0.6 is 34.8 Å². The van der Waals surface area contributed by atoms with Crippen molar-refractivity contribution in [1.82, 2.24) is 5.32 Å². The molecule has 26 heavy (non-hydrogen) atoms. The number of nitrogens with one attached hydrogen (secondary N) is 2. The van der Waals surface area contributed by atoms with Crippen LogP contribution in [0.4, 0.5) is 14.5 Å². The molecule has 0 atom stereocenters. The lowest BCUT2D eigenvalue weighted by Crippen LogP contribution is -2.35. The molecule has 2 rings (SSSR count). The lowest BCUT2D eigenvalue weighted by molar-refractivity contribution is -0.125. The van der Waals surface area contributed by atoms with E-state index in [0.29, 0.717) is 0 Å². The van der Waals surface area contributed by atoms with Crippen molar-refractivity contribution in [3.63, 3.8) is 0 Å². The Morgan fingerprint density at radius 1 is 0.923 bits per heavy atom. The smallest absolute Gasteiger partial charge is 0.258 e. The molecule has 138 valence electrons. The molecule has 0 aromatic heterocycles. The molecule has 0 saturated carbocycles. The molecule has 0 aliphatic heterocycles. The van der Waals surface area contributed by atoms with Gasteiger partial charge in [0.2, 0.25) is 5.91 Å². The van der Waals surface area contributed by atoms with Crippen molar-refractivity contribution in [2.45, 2.75) is 0 Å². The van der Waals surface area contributed by atoms with Gasteiger partial charge in [-0.1, -0.05) is 34.8 Å². The molecule has 0 unspecified atom stereocenters. The summed E-state index contributed by atoms with van der Waals surface area (Å²) in [6.45, 7) is -0.813. The first-order valence-corrected chi connectivity index (χ1v) is 8.18. The average molecular weight is 424 g/mol. The van der Waals surface area contributed by atoms with Crippen molar-refractivity contribution in [1.29, 1.82) is 0 Å². The summed E-state index contributed by atoms with van der Waals surface area (Å²) in [5.41, 5.74) is 0.0574. The van der Waals surface area contributed by atoms with E-state index in [-0.39, 0.29) is 26.5 Å². The maximum Gasteiger partial charge on any atom is 0.258 e. The molecule has 0 radical (unpaired) electrons. The highest BCUT2D eigenvalue weighted by atomic mass is 35.5. The molecule has 2 amide bonds. The third-order valence-electron chi connectivity index (χ3n) is 2.98. The molecule has 2 aromatic carbocycles. The fourth-order valence-electron chi connectivity index (χ4n) is 1.77. The van der Waals surface area contributed by atoms with E-state index in [1.807, 2.05) is 0 Å². The molecule has 0 fully saturated rings. The van der Waals surface area contributed by atoms with Crippen molar-refractivity contribution in [2.75, 3.05) is 18.5 Å². The van der Waals surface area contributed by atoms with E-state index < -0.39 is 36.6 Å². The quantitative estimate of drug-likeness (QED) is 0.689. The summed E-state index contributed by atoms with van der Waals surface area (Å²) >= 11 is 17.5. The van der Waals surface area contributed by atoms with Gasteiger partial charge < -0.3 is 15.4 Å². The maximum atomic E-state index is 13.1. The molecule has 2 N–H and O–H groups in total. The molecule has 0 bridgehead atoms. The van der Waals surface area contributed by atoms with Crippen LogP contribution in [0.5, 0.6) is 5.75 Å². The van der Waals surface area contributed by atoms with Crippen molar-refractivity contribution in [3.8, 4) is 5.75 Å². The van der Waals surface area contributed by atoms with Gasteiger partial charge in [0.15, 0.2) is 18.2 Å². The summed E-state index contributed by atoms with van der Waals surface area (Å²) in [6.07, 6.45) is 0. The van der Waals surface area contributed by atoms with Gasteiger partial charge in [-0.3, -0.25) is 9.59 Å². The predicted octanol–water partition coefficient (Wildman–Crippen LogP) is 4.06. The molecular weight excluding hydrogens is 413 g/mol. The fraction of sp³-hybridized carbons (Fsp3) is 0.125. The van der Waals surface area contributed by atoms with Crippen LogP contribution in [0.25, 0.3) is 0 Å². The molecule has 0 heterocycles. The van der Waals surface area contributed by atoms with Crippen molar-refractivity contribution in [3.05, 3.63) is 57.0 Å². The molecule has 5 nitrogen and oxygen atoms in total. The van der Waals surface area contributed by atoms with Gasteiger partial charge >= 0.3 is 0 Å². The SMILES string of the molecule is O=C(COc1cc(Cl)c(Cl)cc1Cl)NCC(=O)Nc1ccc(F)c(F)c1. The van der Waals surface area contributed by atoms with Crippen LogP contribution in [-0.2, 0) is 9.59 Å². The largest absolute Gasteiger partial charge is 0.482 e. The van der Waals surface area contributed by atoms with Gasteiger partial charge in [0.1, 0.15) is 5.75 Å². The van der Waals surface area contributed by atoms with Crippen LogP contribution < -0.4 is 15.4 Å². The number of hydrogen-bond acceptors (Lipinski definition) is 3. The highest BCUT2D eigenvalue weighted by molar-refractivity contribution is 6.43. The summed E-state index contributed by atoms with van der Waals surface area (Å²) < 4.78 is 31.1. The zero-order chi connectivity index (χ0) is 19.3. The standard InChI is InChI=1S/C16H11Cl3F2N2O3/c17-9-4-11(19)14(5-10(9)18)26-7-16(25)22-6-15(24)23-8-1-2-12(20)13(21)3-8/h1-5H,6-7H2,(H,22,25)(H,23,24). The number of carbonyl (C=O) groups is 2. The second-order valence-corrected chi connectivity index (χ2v) is 6.16. The first-order valence-electron chi connectivity index (χ1n) is 7.05. The van der Waals surface area contributed by atoms with Crippen molar-refractivity contribution >= 4 is 52.3 Å².